The summed E-state index contributed by atoms with van der Waals surface area (Å²) >= 11 is 0. The van der Waals surface area contributed by atoms with Gasteiger partial charge < -0.3 is 10.4 Å². The van der Waals surface area contributed by atoms with Crippen LogP contribution in [-0.2, 0) is 9.59 Å². The molecule has 0 atom stereocenters. The van der Waals surface area contributed by atoms with Crippen molar-refractivity contribution in [1.82, 2.24) is 5.32 Å². The number of nitrogens with one attached hydrogen (secondary N) is 1. The molecule has 0 aliphatic rings. The molecule has 10 heavy (non-hydrogen) atoms. The summed E-state index contributed by atoms with van der Waals surface area (Å²) in [6, 6.07) is 0. The van der Waals surface area contributed by atoms with Crippen molar-refractivity contribution in [3.05, 3.63) is 12.2 Å². The minimum atomic E-state index is -1.06. The maximum Gasteiger partial charge on any atom is 0.322 e. The van der Waals surface area contributed by atoms with Gasteiger partial charge in [0.25, 0.3) is 0 Å². The Morgan fingerprint density at radius 3 is 2.40 bits per heavy atom. The third-order valence-corrected chi connectivity index (χ3v) is 0.788. The Morgan fingerprint density at radius 1 is 1.60 bits per heavy atom. The third-order valence-electron chi connectivity index (χ3n) is 0.788. The number of aliphatic carboxylic acids is 1. The molecule has 0 aromatic heterocycles. The molecule has 0 aliphatic carbocycles. The normalized spacial score (nSPS) is 8.50. The number of carboxylic acids is 1. The summed E-state index contributed by atoms with van der Waals surface area (Å²) in [4.78, 5) is 20.5. The number of carboxylic acid groups (broad SMARTS) is 1. The molecule has 0 radical (unpaired) electrons. The van der Waals surface area contributed by atoms with Crippen LogP contribution in [0.5, 0.6) is 0 Å². The highest BCUT2D eigenvalue weighted by Gasteiger charge is 2.02. The fraction of sp³-hybridized carbons (Fsp3) is 0.333. The van der Waals surface area contributed by atoms with Gasteiger partial charge in [-0.15, -0.1) is 0 Å². The molecule has 0 saturated heterocycles. The summed E-state index contributed by atoms with van der Waals surface area (Å²) in [6.07, 6.45) is 0. The minimum Gasteiger partial charge on any atom is -0.480 e. The van der Waals surface area contributed by atoms with Gasteiger partial charge >= 0.3 is 5.97 Å². The van der Waals surface area contributed by atoms with Gasteiger partial charge in [0, 0.05) is 5.57 Å². The van der Waals surface area contributed by atoms with E-state index in [0.29, 0.717) is 5.57 Å². The van der Waals surface area contributed by atoms with E-state index < -0.39 is 11.9 Å². The first-order chi connectivity index (χ1) is 4.54. The van der Waals surface area contributed by atoms with Crippen molar-refractivity contribution in [2.45, 2.75) is 6.92 Å². The van der Waals surface area contributed by atoms with Gasteiger partial charge in [-0.1, -0.05) is 6.58 Å². The molecule has 0 fully saturated rings. The first-order valence-electron chi connectivity index (χ1n) is 2.69. The second-order valence-corrected chi connectivity index (χ2v) is 1.86. The molecule has 4 nitrogen and oxygen atoms in total. The van der Waals surface area contributed by atoms with Crippen LogP contribution in [0.15, 0.2) is 12.2 Å². The third kappa shape index (κ3) is 3.65. The van der Waals surface area contributed by atoms with E-state index in [4.69, 9.17) is 5.11 Å². The summed E-state index contributed by atoms with van der Waals surface area (Å²) in [7, 11) is 0. The maximum absolute atomic E-state index is 10.6. The number of carbonyl (C=O) groups is 2. The van der Waals surface area contributed by atoms with Crippen molar-refractivity contribution in [3.8, 4) is 0 Å². The summed E-state index contributed by atoms with van der Waals surface area (Å²) in [5.74, 6) is -1.49. The predicted octanol–water partition coefficient (Wildman–Crippen LogP) is -0.237. The predicted molar refractivity (Wildman–Crippen MR) is 35.5 cm³/mol. The second-order valence-electron chi connectivity index (χ2n) is 1.86. The Balaban J connectivity index is 3.60. The van der Waals surface area contributed by atoms with Crippen LogP contribution in [0.1, 0.15) is 6.92 Å². The quantitative estimate of drug-likeness (QED) is 0.522. The zero-order chi connectivity index (χ0) is 8.15. The summed E-state index contributed by atoms with van der Waals surface area (Å²) < 4.78 is 0. The number of hydrogen-bond acceptors (Lipinski definition) is 2. The fourth-order valence-electron chi connectivity index (χ4n) is 0.307. The van der Waals surface area contributed by atoms with Crippen LogP contribution in [0, 0.1) is 0 Å². The van der Waals surface area contributed by atoms with Gasteiger partial charge in [-0.05, 0) is 6.92 Å². The molecule has 0 aliphatic heterocycles. The molecule has 0 bridgehead atoms. The van der Waals surface area contributed by atoms with Crippen LogP contribution in [0.3, 0.4) is 0 Å². The van der Waals surface area contributed by atoms with E-state index >= 15 is 0 Å². The number of carbonyl (C=O) groups excluding carboxylic acids is 1. The number of amides is 1. The lowest BCUT2D eigenvalue weighted by Crippen LogP contribution is -2.29. The van der Waals surface area contributed by atoms with Crippen molar-refractivity contribution in [2.75, 3.05) is 6.54 Å². The van der Waals surface area contributed by atoms with E-state index in [9.17, 15) is 9.59 Å². The zero-order valence-corrected chi connectivity index (χ0v) is 5.68. The molecule has 0 rings (SSSR count). The van der Waals surface area contributed by atoms with Crippen molar-refractivity contribution in [1.29, 1.82) is 0 Å². The SMILES string of the molecule is CC(=[2CH2])C(=O)NCC(=O)O. The Morgan fingerprint density at radius 2 is 2.10 bits per heavy atom. The molecule has 0 unspecified atom stereocenters. The van der Waals surface area contributed by atoms with Gasteiger partial charge in [0.1, 0.15) is 6.54 Å². The Labute approximate surface area is 58.5 Å². The molecule has 0 saturated carbocycles. The average molecular weight is 133 g/mol. The molecular weight excluding hydrogens is 124 g/mol. The van der Waals surface area contributed by atoms with Gasteiger partial charge in [0.05, 0.1) is 0 Å². The fourth-order valence-corrected chi connectivity index (χ4v) is 0.307. The largest absolute Gasteiger partial charge is 0.480 e. The van der Waals surface area contributed by atoms with Gasteiger partial charge in [0.15, 0.2) is 0 Å². The van der Waals surface area contributed by atoms with E-state index in [2.05, 4.69) is 11.9 Å². The van der Waals surface area contributed by atoms with Crippen LogP contribution < -0.4 is 5.32 Å². The Bertz CT molecular complexity index is 174. The van der Waals surface area contributed by atoms with Crippen LogP contribution in [0.25, 0.3) is 0 Å². The molecule has 0 spiro atoms. The first kappa shape index (κ1) is 8.68. The molecule has 0 aromatic rings. The topological polar surface area (TPSA) is 66.4 Å². The van der Waals surface area contributed by atoms with E-state index in [0.717, 1.165) is 0 Å². The standard InChI is InChI=1S/C6H9NO3/c1-4(2)6(10)7-3-5(8)9/h1,3H2,2H3,(H,7,10)(H,8,9)/i1-10. The second kappa shape index (κ2) is 3.66. The van der Waals surface area contributed by atoms with Crippen molar-refractivity contribution in [2.24, 2.45) is 0 Å². The van der Waals surface area contributed by atoms with Crippen LogP contribution >= 0.6 is 0 Å². The lowest BCUT2D eigenvalue weighted by atomic mass is 1.95. The van der Waals surface area contributed by atoms with E-state index in [1.165, 1.54) is 6.92 Å². The monoisotopic (exact) mass is 133 g/mol. The maximum atomic E-state index is 10.6. The zero-order valence-electron chi connectivity index (χ0n) is 5.68. The first-order valence-corrected chi connectivity index (χ1v) is 2.69. The molecule has 0 aromatic carbocycles. The number of hydrogen-bond donors (Lipinski definition) is 2. The van der Waals surface area contributed by atoms with Crippen LogP contribution in [0.4, 0.5) is 0 Å². The van der Waals surface area contributed by atoms with E-state index in [-0.39, 0.29) is 6.54 Å². The molecule has 4 heteroatoms. The summed E-state index contributed by atoms with van der Waals surface area (Å²) in [5, 5.41) is 10.2. The van der Waals surface area contributed by atoms with E-state index in [1.54, 1.807) is 0 Å². The molecule has 0 heterocycles. The molecular formula is C6H9NO3. The van der Waals surface area contributed by atoms with Crippen LogP contribution in [-0.4, -0.2) is 23.5 Å². The average Bonchev–Trinajstić information content (AvgIpc) is 1.82. The van der Waals surface area contributed by atoms with Crippen molar-refractivity contribution < 1.29 is 14.7 Å². The highest BCUT2D eigenvalue weighted by Crippen LogP contribution is 1.83. The van der Waals surface area contributed by atoms with Crippen LogP contribution in [0.2, 0.25) is 0 Å². The molecule has 56 valence electrons. The van der Waals surface area contributed by atoms with Gasteiger partial charge in [-0.2, -0.15) is 0 Å². The van der Waals surface area contributed by atoms with Crippen molar-refractivity contribution >= 4 is 11.9 Å². The number of rotatable bonds is 3. The highest BCUT2D eigenvalue weighted by atomic mass is 16.4. The molecule has 2 N–H and O–H groups in total. The summed E-state index contributed by atoms with van der Waals surface area (Å²) in [6.45, 7) is 4.48. The van der Waals surface area contributed by atoms with Gasteiger partial charge in [-0.3, -0.25) is 9.59 Å². The lowest BCUT2D eigenvalue weighted by molar-refractivity contribution is -0.137. The molecule has 1 amide bonds. The Kier molecular flexibility index (Phi) is 3.17. The smallest absolute Gasteiger partial charge is 0.322 e. The lowest BCUT2D eigenvalue weighted by Gasteiger charge is -1.98. The highest BCUT2D eigenvalue weighted by molar-refractivity contribution is 5.93. The minimum absolute atomic E-state index is 0.307. The van der Waals surface area contributed by atoms with E-state index in [1.807, 2.05) is 0 Å². The van der Waals surface area contributed by atoms with Crippen molar-refractivity contribution in [3.63, 3.8) is 0 Å². The van der Waals surface area contributed by atoms with Gasteiger partial charge in [-0.25, -0.2) is 0 Å². The Hall–Kier alpha value is -1.32. The van der Waals surface area contributed by atoms with Gasteiger partial charge in [0.2, 0.25) is 5.91 Å². The summed E-state index contributed by atoms with van der Waals surface area (Å²) in [5.41, 5.74) is 0.307.